The van der Waals surface area contributed by atoms with Gasteiger partial charge in [-0.15, -0.1) is 0 Å². The molecule has 0 atom stereocenters. The van der Waals surface area contributed by atoms with E-state index in [4.69, 9.17) is 9.47 Å². The number of hydrogen-bond acceptors (Lipinski definition) is 5. The van der Waals surface area contributed by atoms with Gasteiger partial charge in [0.25, 0.3) is 0 Å². The van der Waals surface area contributed by atoms with Crippen molar-refractivity contribution in [3.05, 3.63) is 28.4 Å². The number of hydrogen-bond donors (Lipinski definition) is 1. The summed E-state index contributed by atoms with van der Waals surface area (Å²) < 4.78 is 11.7. The summed E-state index contributed by atoms with van der Waals surface area (Å²) in [5.41, 5.74) is 1.82. The molecule has 0 radical (unpaired) electrons. The summed E-state index contributed by atoms with van der Waals surface area (Å²) in [6.07, 6.45) is 1.05. The van der Waals surface area contributed by atoms with Crippen LogP contribution < -0.4 is 14.8 Å². The quantitative estimate of drug-likeness (QED) is 0.910. The van der Waals surface area contributed by atoms with E-state index in [-0.39, 0.29) is 6.79 Å². The Balaban J connectivity index is 2.00. The average molecular weight is 350 g/mol. The van der Waals surface area contributed by atoms with Crippen LogP contribution in [0.15, 0.2) is 22.7 Å². The summed E-state index contributed by atoms with van der Waals surface area (Å²) in [7, 11) is 0. The van der Waals surface area contributed by atoms with E-state index in [1.54, 1.807) is 0 Å². The summed E-state index contributed by atoms with van der Waals surface area (Å²) in [4.78, 5) is 9.08. The molecule has 0 saturated carbocycles. The lowest BCUT2D eigenvalue weighted by atomic mass is 10.2. The van der Waals surface area contributed by atoms with Gasteiger partial charge in [-0.1, -0.05) is 6.92 Å². The highest BCUT2D eigenvalue weighted by Crippen LogP contribution is 2.42. The molecule has 2 aromatic rings. The monoisotopic (exact) mass is 349 g/mol. The summed E-state index contributed by atoms with van der Waals surface area (Å²) in [5, 5.41) is 3.29. The SMILES string of the molecule is CCCNc1cc(C)nc(-c2cc(Br)c3c(c2)OCO3)n1. The standard InChI is InChI=1S/C15H16BrN3O2/c1-3-4-17-13-5-9(2)18-15(19-13)10-6-11(16)14-12(7-10)20-8-21-14/h5-7H,3-4,8H2,1-2H3,(H,17,18,19). The number of ether oxygens (including phenoxy) is 2. The molecule has 1 aliphatic rings. The molecular formula is C15H16BrN3O2. The first-order valence-corrected chi connectivity index (χ1v) is 7.65. The van der Waals surface area contributed by atoms with Crippen LogP contribution in [-0.2, 0) is 0 Å². The van der Waals surface area contributed by atoms with Crippen LogP contribution in [0.5, 0.6) is 11.5 Å². The molecule has 3 rings (SSSR count). The maximum absolute atomic E-state index is 5.44. The minimum Gasteiger partial charge on any atom is -0.454 e. The van der Waals surface area contributed by atoms with E-state index in [1.807, 2.05) is 25.1 Å². The van der Waals surface area contributed by atoms with Crippen molar-refractivity contribution in [1.29, 1.82) is 0 Å². The van der Waals surface area contributed by atoms with Gasteiger partial charge in [0.1, 0.15) is 5.82 Å². The number of nitrogens with zero attached hydrogens (tertiary/aromatic N) is 2. The van der Waals surface area contributed by atoms with Crippen LogP contribution in [0.1, 0.15) is 19.0 Å². The minimum absolute atomic E-state index is 0.245. The molecule has 2 heterocycles. The second kappa shape index (κ2) is 5.89. The van der Waals surface area contributed by atoms with Gasteiger partial charge in [-0.2, -0.15) is 0 Å². The molecule has 0 saturated heterocycles. The predicted molar refractivity (Wildman–Crippen MR) is 84.8 cm³/mol. The Bertz CT molecular complexity index is 676. The Morgan fingerprint density at radius 1 is 1.24 bits per heavy atom. The lowest BCUT2D eigenvalue weighted by Crippen LogP contribution is -2.04. The molecule has 1 aromatic heterocycles. The number of aromatic nitrogens is 2. The maximum atomic E-state index is 5.44. The number of rotatable bonds is 4. The third-order valence-corrected chi connectivity index (χ3v) is 3.68. The van der Waals surface area contributed by atoms with E-state index < -0.39 is 0 Å². The van der Waals surface area contributed by atoms with E-state index in [0.29, 0.717) is 11.6 Å². The van der Waals surface area contributed by atoms with E-state index in [0.717, 1.165) is 40.3 Å². The van der Waals surface area contributed by atoms with Gasteiger partial charge in [0.05, 0.1) is 4.47 Å². The summed E-state index contributed by atoms with van der Waals surface area (Å²) >= 11 is 3.50. The topological polar surface area (TPSA) is 56.3 Å². The first-order chi connectivity index (χ1) is 10.2. The molecule has 21 heavy (non-hydrogen) atoms. The van der Waals surface area contributed by atoms with Crippen LogP contribution >= 0.6 is 15.9 Å². The highest BCUT2D eigenvalue weighted by atomic mass is 79.9. The van der Waals surface area contributed by atoms with Gasteiger partial charge in [-0.05, 0) is 41.4 Å². The number of aryl methyl sites for hydroxylation is 1. The van der Waals surface area contributed by atoms with Gasteiger partial charge < -0.3 is 14.8 Å². The molecule has 0 amide bonds. The van der Waals surface area contributed by atoms with Gasteiger partial charge in [0, 0.05) is 23.9 Å². The molecule has 0 fully saturated rings. The van der Waals surface area contributed by atoms with Gasteiger partial charge >= 0.3 is 0 Å². The van der Waals surface area contributed by atoms with Crippen LogP contribution in [0, 0.1) is 6.92 Å². The Hall–Kier alpha value is -1.82. The summed E-state index contributed by atoms with van der Waals surface area (Å²) in [5.74, 6) is 2.96. The summed E-state index contributed by atoms with van der Waals surface area (Å²) in [6, 6.07) is 5.80. The van der Waals surface area contributed by atoms with Crippen molar-refractivity contribution in [3.8, 4) is 22.9 Å². The largest absolute Gasteiger partial charge is 0.454 e. The first-order valence-electron chi connectivity index (χ1n) is 6.86. The third-order valence-electron chi connectivity index (χ3n) is 3.10. The highest BCUT2D eigenvalue weighted by Gasteiger charge is 2.19. The lowest BCUT2D eigenvalue weighted by molar-refractivity contribution is 0.173. The molecular weight excluding hydrogens is 334 g/mol. The molecule has 110 valence electrons. The summed E-state index contributed by atoms with van der Waals surface area (Å²) in [6.45, 7) is 5.22. The fourth-order valence-electron chi connectivity index (χ4n) is 2.14. The number of anilines is 1. The van der Waals surface area contributed by atoms with Crippen molar-refractivity contribution >= 4 is 21.7 Å². The van der Waals surface area contributed by atoms with Gasteiger partial charge in [-0.25, -0.2) is 9.97 Å². The fraction of sp³-hybridized carbons (Fsp3) is 0.333. The molecule has 6 heteroatoms. The Morgan fingerprint density at radius 2 is 2.10 bits per heavy atom. The zero-order valence-electron chi connectivity index (χ0n) is 11.9. The maximum Gasteiger partial charge on any atom is 0.231 e. The van der Waals surface area contributed by atoms with Crippen LogP contribution in [0.3, 0.4) is 0 Å². The zero-order valence-corrected chi connectivity index (χ0v) is 13.5. The molecule has 1 N–H and O–H groups in total. The van der Waals surface area contributed by atoms with Crippen molar-refractivity contribution in [2.45, 2.75) is 20.3 Å². The van der Waals surface area contributed by atoms with Crippen LogP contribution in [0.2, 0.25) is 0 Å². The van der Waals surface area contributed by atoms with E-state index in [1.165, 1.54) is 0 Å². The molecule has 1 aromatic carbocycles. The molecule has 0 unspecified atom stereocenters. The number of nitrogens with one attached hydrogen (secondary N) is 1. The lowest BCUT2D eigenvalue weighted by Gasteiger charge is -2.09. The minimum atomic E-state index is 0.245. The molecule has 5 nitrogen and oxygen atoms in total. The first kappa shape index (κ1) is 14.1. The van der Waals surface area contributed by atoms with Gasteiger partial charge in [0.15, 0.2) is 17.3 Å². The average Bonchev–Trinajstić information content (AvgIpc) is 2.93. The number of halogens is 1. The Labute approximate surface area is 131 Å². The van der Waals surface area contributed by atoms with Crippen molar-refractivity contribution in [2.24, 2.45) is 0 Å². The van der Waals surface area contributed by atoms with Crippen molar-refractivity contribution in [2.75, 3.05) is 18.7 Å². The zero-order chi connectivity index (χ0) is 14.8. The smallest absolute Gasteiger partial charge is 0.231 e. The van der Waals surface area contributed by atoms with Gasteiger partial charge in [0.2, 0.25) is 6.79 Å². The highest BCUT2D eigenvalue weighted by molar-refractivity contribution is 9.10. The van der Waals surface area contributed by atoms with Crippen molar-refractivity contribution in [1.82, 2.24) is 9.97 Å². The van der Waals surface area contributed by atoms with Crippen LogP contribution in [0.25, 0.3) is 11.4 Å². The van der Waals surface area contributed by atoms with E-state index in [2.05, 4.69) is 38.1 Å². The molecule has 1 aliphatic heterocycles. The Kier molecular flexibility index (Phi) is 3.96. The van der Waals surface area contributed by atoms with Crippen LogP contribution in [0.4, 0.5) is 5.82 Å². The Morgan fingerprint density at radius 3 is 2.90 bits per heavy atom. The second-order valence-electron chi connectivity index (χ2n) is 4.84. The number of benzene rings is 1. The number of fused-ring (bicyclic) bond motifs is 1. The van der Waals surface area contributed by atoms with E-state index >= 15 is 0 Å². The normalized spacial score (nSPS) is 12.5. The third kappa shape index (κ3) is 2.95. The fourth-order valence-corrected chi connectivity index (χ4v) is 2.69. The molecule has 0 bridgehead atoms. The second-order valence-corrected chi connectivity index (χ2v) is 5.69. The van der Waals surface area contributed by atoms with Crippen molar-refractivity contribution < 1.29 is 9.47 Å². The van der Waals surface area contributed by atoms with Crippen molar-refractivity contribution in [3.63, 3.8) is 0 Å². The predicted octanol–water partition coefficient (Wildman–Crippen LogP) is 3.77. The van der Waals surface area contributed by atoms with Crippen LogP contribution in [-0.4, -0.2) is 23.3 Å². The molecule has 0 spiro atoms. The van der Waals surface area contributed by atoms with Gasteiger partial charge in [-0.3, -0.25) is 0 Å². The molecule has 0 aliphatic carbocycles. The van der Waals surface area contributed by atoms with E-state index in [9.17, 15) is 0 Å².